The second kappa shape index (κ2) is 8.34. The van der Waals surface area contributed by atoms with E-state index in [4.69, 9.17) is 9.47 Å². The maximum Gasteiger partial charge on any atom is 0.256 e. The zero-order valence-electron chi connectivity index (χ0n) is 18.9. The van der Waals surface area contributed by atoms with Gasteiger partial charge in [-0.05, 0) is 48.2 Å². The molecule has 8 heteroatoms. The average molecular weight is 462 g/mol. The van der Waals surface area contributed by atoms with Crippen LogP contribution >= 0.6 is 0 Å². The van der Waals surface area contributed by atoms with Gasteiger partial charge in [0.1, 0.15) is 6.04 Å². The lowest BCUT2D eigenvalue weighted by Crippen LogP contribution is -2.60. The van der Waals surface area contributed by atoms with Gasteiger partial charge >= 0.3 is 0 Å². The van der Waals surface area contributed by atoms with Crippen molar-refractivity contribution in [3.05, 3.63) is 42.0 Å². The first kappa shape index (κ1) is 21.0. The van der Waals surface area contributed by atoms with Gasteiger partial charge in [-0.3, -0.25) is 14.4 Å². The maximum absolute atomic E-state index is 13.6. The Morgan fingerprint density at radius 2 is 1.68 bits per heavy atom. The summed E-state index contributed by atoms with van der Waals surface area (Å²) in [5.74, 6) is 1.11. The van der Waals surface area contributed by atoms with Gasteiger partial charge in [0.25, 0.3) is 5.91 Å². The Kier molecular flexibility index (Phi) is 5.16. The number of rotatable bonds is 2. The molecular formula is C26H27N3O5. The number of hydrogen-bond acceptors (Lipinski definition) is 5. The summed E-state index contributed by atoms with van der Waals surface area (Å²) in [7, 11) is 0. The van der Waals surface area contributed by atoms with Gasteiger partial charge in [0.05, 0.1) is 17.8 Å². The lowest BCUT2D eigenvalue weighted by Gasteiger charge is -2.40. The smallest absolute Gasteiger partial charge is 0.256 e. The van der Waals surface area contributed by atoms with Gasteiger partial charge in [-0.1, -0.05) is 31.4 Å². The second-order valence-electron chi connectivity index (χ2n) is 9.45. The highest BCUT2D eigenvalue weighted by Crippen LogP contribution is 2.37. The fraction of sp³-hybridized carbons (Fsp3) is 0.423. The predicted octanol–water partition coefficient (Wildman–Crippen LogP) is 3.27. The van der Waals surface area contributed by atoms with E-state index < -0.39 is 6.04 Å². The minimum atomic E-state index is -0.685. The number of amides is 3. The number of carbonyl (C=O) groups excluding carboxylic acids is 3. The first-order chi connectivity index (χ1) is 16.6. The summed E-state index contributed by atoms with van der Waals surface area (Å²) in [4.78, 5) is 43.1. The molecule has 1 aliphatic carbocycles. The van der Waals surface area contributed by atoms with Crippen LogP contribution in [-0.2, 0) is 9.59 Å². The zero-order valence-corrected chi connectivity index (χ0v) is 18.9. The quantitative estimate of drug-likeness (QED) is 0.742. The van der Waals surface area contributed by atoms with Gasteiger partial charge in [0.2, 0.25) is 18.6 Å². The van der Waals surface area contributed by atoms with E-state index in [0.29, 0.717) is 35.8 Å². The standard InChI is InChI=1S/C26H27N3O5/c30-24-21-14-28(25(31)16-4-2-1-3-5-16)10-11-29(21)26(32)19-12-17(6-8-20(19)27-24)18-7-9-22-23(13-18)34-15-33-22/h6-9,12-13,16,21H,1-5,10-11,14-15H2,(H,27,30). The number of carbonyl (C=O) groups is 3. The third kappa shape index (κ3) is 3.57. The van der Waals surface area contributed by atoms with Gasteiger partial charge in [0, 0.05) is 19.0 Å². The summed E-state index contributed by atoms with van der Waals surface area (Å²) in [5, 5.41) is 2.93. The van der Waals surface area contributed by atoms with Gasteiger partial charge in [-0.15, -0.1) is 0 Å². The maximum atomic E-state index is 13.6. The van der Waals surface area contributed by atoms with Crippen LogP contribution in [0.25, 0.3) is 11.1 Å². The highest BCUT2D eigenvalue weighted by atomic mass is 16.7. The summed E-state index contributed by atoms with van der Waals surface area (Å²) in [5.41, 5.74) is 2.70. The highest BCUT2D eigenvalue weighted by Gasteiger charge is 2.41. The molecule has 2 fully saturated rings. The largest absolute Gasteiger partial charge is 0.454 e. The number of benzene rings is 2. The fourth-order valence-corrected chi connectivity index (χ4v) is 5.51. The molecule has 1 saturated carbocycles. The van der Waals surface area contributed by atoms with Crippen LogP contribution < -0.4 is 14.8 Å². The summed E-state index contributed by atoms with van der Waals surface area (Å²) >= 11 is 0. The predicted molar refractivity (Wildman–Crippen MR) is 125 cm³/mol. The van der Waals surface area contributed by atoms with E-state index >= 15 is 0 Å². The first-order valence-electron chi connectivity index (χ1n) is 12.0. The Balaban J connectivity index is 1.26. The van der Waals surface area contributed by atoms with E-state index in [2.05, 4.69) is 5.32 Å². The number of piperazine rings is 1. The van der Waals surface area contributed by atoms with Crippen LogP contribution in [0.2, 0.25) is 0 Å². The van der Waals surface area contributed by atoms with Gasteiger partial charge in [-0.25, -0.2) is 0 Å². The normalized spacial score (nSPS) is 22.1. The minimum Gasteiger partial charge on any atom is -0.454 e. The van der Waals surface area contributed by atoms with Crippen molar-refractivity contribution in [1.29, 1.82) is 0 Å². The Hall–Kier alpha value is -3.55. The minimum absolute atomic E-state index is 0.0475. The molecule has 4 aliphatic rings. The highest BCUT2D eigenvalue weighted by molar-refractivity contribution is 6.10. The van der Waals surface area contributed by atoms with E-state index in [1.807, 2.05) is 30.3 Å². The molecule has 2 aromatic carbocycles. The Labute approximate surface area is 197 Å². The molecular weight excluding hydrogens is 434 g/mol. The van der Waals surface area contributed by atoms with Gasteiger partial charge in [-0.2, -0.15) is 0 Å². The number of hydrogen-bond donors (Lipinski definition) is 1. The fourth-order valence-electron chi connectivity index (χ4n) is 5.51. The van der Waals surface area contributed by atoms with Crippen molar-refractivity contribution < 1.29 is 23.9 Å². The van der Waals surface area contributed by atoms with Crippen LogP contribution in [-0.4, -0.2) is 60.0 Å². The van der Waals surface area contributed by atoms with E-state index in [-0.39, 0.29) is 37.0 Å². The molecule has 8 nitrogen and oxygen atoms in total. The molecule has 176 valence electrons. The molecule has 0 radical (unpaired) electrons. The molecule has 2 aromatic rings. The van der Waals surface area contributed by atoms with Crippen LogP contribution in [0, 0.1) is 5.92 Å². The third-order valence-electron chi connectivity index (χ3n) is 7.42. The molecule has 3 amide bonds. The van der Waals surface area contributed by atoms with Crippen molar-refractivity contribution in [3.63, 3.8) is 0 Å². The molecule has 1 saturated heterocycles. The van der Waals surface area contributed by atoms with Crippen LogP contribution in [0.1, 0.15) is 42.5 Å². The number of nitrogens with zero attached hydrogens (tertiary/aromatic N) is 2. The zero-order chi connectivity index (χ0) is 23.2. The molecule has 3 heterocycles. The molecule has 1 N–H and O–H groups in total. The first-order valence-corrected chi connectivity index (χ1v) is 12.0. The van der Waals surface area contributed by atoms with Crippen LogP contribution in [0.5, 0.6) is 11.5 Å². The van der Waals surface area contributed by atoms with Crippen molar-refractivity contribution in [1.82, 2.24) is 9.80 Å². The average Bonchev–Trinajstić information content (AvgIpc) is 3.32. The Bertz CT molecular complexity index is 1170. The van der Waals surface area contributed by atoms with E-state index in [1.54, 1.807) is 15.9 Å². The molecule has 3 aliphatic heterocycles. The summed E-state index contributed by atoms with van der Waals surface area (Å²) in [6.07, 6.45) is 5.19. The molecule has 0 aromatic heterocycles. The van der Waals surface area contributed by atoms with Gasteiger partial charge < -0.3 is 24.6 Å². The van der Waals surface area contributed by atoms with Crippen molar-refractivity contribution in [3.8, 4) is 22.6 Å². The van der Waals surface area contributed by atoms with Crippen LogP contribution in [0.4, 0.5) is 5.69 Å². The molecule has 34 heavy (non-hydrogen) atoms. The van der Waals surface area contributed by atoms with Crippen molar-refractivity contribution in [2.24, 2.45) is 5.92 Å². The van der Waals surface area contributed by atoms with E-state index in [0.717, 1.165) is 36.8 Å². The van der Waals surface area contributed by atoms with Crippen LogP contribution in [0.3, 0.4) is 0 Å². The molecule has 6 rings (SSSR count). The van der Waals surface area contributed by atoms with Crippen molar-refractivity contribution in [2.45, 2.75) is 38.1 Å². The molecule has 1 unspecified atom stereocenters. The Morgan fingerprint density at radius 1 is 0.912 bits per heavy atom. The Morgan fingerprint density at radius 3 is 2.53 bits per heavy atom. The lowest BCUT2D eigenvalue weighted by molar-refractivity contribution is -0.140. The van der Waals surface area contributed by atoms with Crippen LogP contribution in [0.15, 0.2) is 36.4 Å². The number of anilines is 1. The topological polar surface area (TPSA) is 88.2 Å². The van der Waals surface area contributed by atoms with E-state index in [9.17, 15) is 14.4 Å². The van der Waals surface area contributed by atoms with E-state index in [1.165, 1.54) is 6.42 Å². The summed E-state index contributed by atoms with van der Waals surface area (Å²) in [6, 6.07) is 10.5. The molecule has 1 atom stereocenters. The van der Waals surface area contributed by atoms with Gasteiger partial charge in [0.15, 0.2) is 11.5 Å². The second-order valence-corrected chi connectivity index (χ2v) is 9.45. The van der Waals surface area contributed by atoms with Crippen molar-refractivity contribution >= 4 is 23.4 Å². The third-order valence-corrected chi connectivity index (χ3v) is 7.42. The summed E-state index contributed by atoms with van der Waals surface area (Å²) in [6.45, 7) is 1.26. The number of nitrogens with one attached hydrogen (secondary N) is 1. The molecule has 0 spiro atoms. The molecule has 0 bridgehead atoms. The number of fused-ring (bicyclic) bond motifs is 3. The monoisotopic (exact) mass is 461 g/mol. The summed E-state index contributed by atoms with van der Waals surface area (Å²) < 4.78 is 10.9. The van der Waals surface area contributed by atoms with Crippen molar-refractivity contribution in [2.75, 3.05) is 31.7 Å². The lowest BCUT2D eigenvalue weighted by atomic mass is 9.88. The number of ether oxygens (including phenoxy) is 2. The SMILES string of the molecule is O=C1Nc2ccc(-c3ccc4c(c3)OCO4)cc2C(=O)N2CCN(C(=O)C3CCCCC3)CC12.